The summed E-state index contributed by atoms with van der Waals surface area (Å²) in [6.45, 7) is 2.58. The second kappa shape index (κ2) is 7.09. The Bertz CT molecular complexity index is 564. The number of rotatable bonds is 6. The molecule has 0 spiro atoms. The molecule has 21 heavy (non-hydrogen) atoms. The van der Waals surface area contributed by atoms with Gasteiger partial charge in [0.15, 0.2) is 0 Å². The molecular weight excluding hydrogens is 269 g/mol. The summed E-state index contributed by atoms with van der Waals surface area (Å²) in [4.78, 5) is 0. The molecule has 0 radical (unpaired) electrons. The zero-order valence-electron chi connectivity index (χ0n) is 12.3. The van der Waals surface area contributed by atoms with Gasteiger partial charge in [0.25, 0.3) is 0 Å². The van der Waals surface area contributed by atoms with Crippen LogP contribution >= 0.6 is 0 Å². The van der Waals surface area contributed by atoms with Crippen molar-refractivity contribution in [2.75, 3.05) is 7.11 Å². The van der Waals surface area contributed by atoms with Gasteiger partial charge in [0.1, 0.15) is 17.3 Å². The van der Waals surface area contributed by atoms with Crippen LogP contribution in [0.15, 0.2) is 42.5 Å². The molecule has 0 amide bonds. The van der Waals surface area contributed by atoms with Crippen LogP contribution in [0.25, 0.3) is 0 Å². The van der Waals surface area contributed by atoms with E-state index in [9.17, 15) is 9.50 Å². The fourth-order valence-corrected chi connectivity index (χ4v) is 2.31. The van der Waals surface area contributed by atoms with Crippen molar-refractivity contribution < 1.29 is 14.2 Å². The molecule has 1 unspecified atom stereocenters. The van der Waals surface area contributed by atoms with E-state index in [1.165, 1.54) is 6.07 Å². The summed E-state index contributed by atoms with van der Waals surface area (Å²) in [6.07, 6.45) is 0.910. The lowest BCUT2D eigenvalue weighted by Gasteiger charge is -2.18. The molecule has 0 aliphatic heterocycles. The van der Waals surface area contributed by atoms with Crippen LogP contribution in [-0.4, -0.2) is 12.2 Å². The highest BCUT2D eigenvalue weighted by molar-refractivity contribution is 5.30. The molecule has 2 rings (SSSR count). The number of aromatic hydroxyl groups is 1. The van der Waals surface area contributed by atoms with E-state index in [0.717, 1.165) is 29.4 Å². The molecule has 2 aromatic rings. The maximum atomic E-state index is 13.2. The molecule has 0 aromatic heterocycles. The fourth-order valence-electron chi connectivity index (χ4n) is 2.31. The van der Waals surface area contributed by atoms with Crippen LogP contribution in [0, 0.1) is 5.82 Å². The minimum absolute atomic E-state index is 0.0516. The number of phenols is 1. The second-order valence-corrected chi connectivity index (χ2v) is 4.93. The van der Waals surface area contributed by atoms with E-state index in [4.69, 9.17) is 4.74 Å². The van der Waals surface area contributed by atoms with Crippen LogP contribution in [0.5, 0.6) is 11.5 Å². The highest BCUT2D eigenvalue weighted by Gasteiger charge is 2.09. The molecule has 2 N–H and O–H groups in total. The molecule has 4 heteroatoms. The summed E-state index contributed by atoms with van der Waals surface area (Å²) < 4.78 is 18.4. The Hall–Kier alpha value is -2.07. The Morgan fingerprint density at radius 1 is 1.19 bits per heavy atom. The first-order valence-corrected chi connectivity index (χ1v) is 6.98. The van der Waals surface area contributed by atoms with Crippen molar-refractivity contribution in [2.24, 2.45) is 0 Å². The first kappa shape index (κ1) is 15.3. The maximum Gasteiger partial charge on any atom is 0.127 e. The smallest absolute Gasteiger partial charge is 0.127 e. The minimum Gasteiger partial charge on any atom is -0.508 e. The van der Waals surface area contributed by atoms with Gasteiger partial charge < -0.3 is 15.2 Å². The molecule has 0 aliphatic carbocycles. The first-order valence-electron chi connectivity index (χ1n) is 6.98. The van der Waals surface area contributed by atoms with Gasteiger partial charge in [-0.15, -0.1) is 0 Å². The lowest BCUT2D eigenvalue weighted by molar-refractivity contribution is 0.414. The van der Waals surface area contributed by atoms with Crippen molar-refractivity contribution in [3.05, 3.63) is 59.4 Å². The molecular formula is C17H20FNO2. The highest BCUT2D eigenvalue weighted by atomic mass is 19.1. The van der Waals surface area contributed by atoms with Gasteiger partial charge in [0, 0.05) is 18.7 Å². The third-order valence-corrected chi connectivity index (χ3v) is 3.42. The number of phenolic OH excluding ortho intramolecular Hbond substituents is 1. The van der Waals surface area contributed by atoms with Crippen LogP contribution in [0.3, 0.4) is 0 Å². The van der Waals surface area contributed by atoms with Gasteiger partial charge in [0.2, 0.25) is 0 Å². The molecule has 0 heterocycles. The predicted molar refractivity (Wildman–Crippen MR) is 80.9 cm³/mol. The van der Waals surface area contributed by atoms with Crippen molar-refractivity contribution >= 4 is 0 Å². The fraction of sp³-hybridized carbons (Fsp3) is 0.294. The van der Waals surface area contributed by atoms with E-state index in [1.807, 2.05) is 24.3 Å². The van der Waals surface area contributed by atoms with E-state index < -0.39 is 5.82 Å². The van der Waals surface area contributed by atoms with Crippen LogP contribution in [0.2, 0.25) is 0 Å². The second-order valence-electron chi connectivity index (χ2n) is 4.93. The number of ether oxygens (including phenoxy) is 1. The molecule has 3 nitrogen and oxygen atoms in total. The summed E-state index contributed by atoms with van der Waals surface area (Å²) in [7, 11) is 1.64. The average molecular weight is 289 g/mol. The van der Waals surface area contributed by atoms with Gasteiger partial charge in [-0.3, -0.25) is 0 Å². The molecule has 0 aliphatic rings. The van der Waals surface area contributed by atoms with E-state index in [-0.39, 0.29) is 11.8 Å². The number of halogens is 1. The number of methoxy groups -OCH3 is 1. The lowest BCUT2D eigenvalue weighted by atomic mass is 10.0. The largest absolute Gasteiger partial charge is 0.508 e. The molecule has 1 atom stereocenters. The molecule has 0 bridgehead atoms. The topological polar surface area (TPSA) is 41.5 Å². The SMILES string of the molecule is CCC(NCc1cc(O)cc(F)c1)c1ccc(OC)cc1. The summed E-state index contributed by atoms with van der Waals surface area (Å²) in [5, 5.41) is 12.8. The molecule has 2 aromatic carbocycles. The Labute approximate surface area is 124 Å². The average Bonchev–Trinajstić information content (AvgIpc) is 2.47. The van der Waals surface area contributed by atoms with Gasteiger partial charge in [0.05, 0.1) is 7.11 Å². The quantitative estimate of drug-likeness (QED) is 0.850. The van der Waals surface area contributed by atoms with Crippen molar-refractivity contribution in [1.82, 2.24) is 5.32 Å². The Morgan fingerprint density at radius 3 is 2.48 bits per heavy atom. The van der Waals surface area contributed by atoms with Crippen molar-refractivity contribution in [3.8, 4) is 11.5 Å². The first-order chi connectivity index (χ1) is 10.1. The van der Waals surface area contributed by atoms with E-state index in [1.54, 1.807) is 13.2 Å². The third kappa shape index (κ3) is 4.20. The van der Waals surface area contributed by atoms with E-state index in [0.29, 0.717) is 6.54 Å². The van der Waals surface area contributed by atoms with Crippen LogP contribution in [0.1, 0.15) is 30.5 Å². The number of benzene rings is 2. The summed E-state index contributed by atoms with van der Waals surface area (Å²) >= 11 is 0. The third-order valence-electron chi connectivity index (χ3n) is 3.42. The summed E-state index contributed by atoms with van der Waals surface area (Å²) in [5.41, 5.74) is 1.87. The minimum atomic E-state index is -0.427. The number of hydrogen-bond acceptors (Lipinski definition) is 3. The van der Waals surface area contributed by atoms with Gasteiger partial charge in [-0.05, 0) is 41.8 Å². The zero-order chi connectivity index (χ0) is 15.2. The monoisotopic (exact) mass is 289 g/mol. The van der Waals surface area contributed by atoms with E-state index >= 15 is 0 Å². The normalized spacial score (nSPS) is 12.1. The summed E-state index contributed by atoms with van der Waals surface area (Å²) in [6, 6.07) is 12.1. The number of nitrogens with one attached hydrogen (secondary N) is 1. The van der Waals surface area contributed by atoms with Crippen molar-refractivity contribution in [1.29, 1.82) is 0 Å². The van der Waals surface area contributed by atoms with Crippen molar-refractivity contribution in [2.45, 2.75) is 25.9 Å². The Balaban J connectivity index is 2.04. The molecule has 0 fully saturated rings. The van der Waals surface area contributed by atoms with E-state index in [2.05, 4.69) is 12.2 Å². The number of hydrogen-bond donors (Lipinski definition) is 2. The maximum absolute atomic E-state index is 13.2. The molecule has 0 saturated heterocycles. The molecule has 0 saturated carbocycles. The van der Waals surface area contributed by atoms with Crippen molar-refractivity contribution in [3.63, 3.8) is 0 Å². The predicted octanol–water partition coefficient (Wildman–Crippen LogP) is 3.78. The summed E-state index contributed by atoms with van der Waals surface area (Å²) in [5.74, 6) is 0.345. The molecule has 112 valence electrons. The van der Waals surface area contributed by atoms with Gasteiger partial charge in [-0.1, -0.05) is 19.1 Å². The van der Waals surface area contributed by atoms with Gasteiger partial charge >= 0.3 is 0 Å². The van der Waals surface area contributed by atoms with Crippen LogP contribution in [0.4, 0.5) is 4.39 Å². The van der Waals surface area contributed by atoms with Gasteiger partial charge in [-0.25, -0.2) is 4.39 Å². The zero-order valence-corrected chi connectivity index (χ0v) is 12.3. The van der Waals surface area contributed by atoms with Crippen LogP contribution in [-0.2, 0) is 6.54 Å². The Morgan fingerprint density at radius 2 is 1.90 bits per heavy atom. The van der Waals surface area contributed by atoms with Crippen LogP contribution < -0.4 is 10.1 Å². The highest BCUT2D eigenvalue weighted by Crippen LogP contribution is 2.21. The van der Waals surface area contributed by atoms with Gasteiger partial charge in [-0.2, -0.15) is 0 Å². The standard InChI is InChI=1S/C17H20FNO2/c1-3-17(13-4-6-16(21-2)7-5-13)19-11-12-8-14(18)10-15(20)9-12/h4-10,17,19-20H,3,11H2,1-2H3. The lowest BCUT2D eigenvalue weighted by Crippen LogP contribution is -2.20. The Kier molecular flexibility index (Phi) is 5.17.